The van der Waals surface area contributed by atoms with Crippen LogP contribution in [0.4, 0.5) is 0 Å². The van der Waals surface area contributed by atoms with Gasteiger partial charge in [0.15, 0.2) is 0 Å². The number of carbonyl (C=O) groups excluding carboxylic acids is 1. The first kappa shape index (κ1) is 8.57. The van der Waals surface area contributed by atoms with Gasteiger partial charge in [0.05, 0.1) is 0 Å². The van der Waals surface area contributed by atoms with Gasteiger partial charge >= 0.3 is 0 Å². The second kappa shape index (κ2) is 3.74. The molecule has 0 saturated heterocycles. The van der Waals surface area contributed by atoms with Gasteiger partial charge in [0.25, 0.3) is 0 Å². The van der Waals surface area contributed by atoms with E-state index in [4.69, 9.17) is 0 Å². The Kier molecular flexibility index (Phi) is 2.92. The quantitative estimate of drug-likeness (QED) is 0.646. The van der Waals surface area contributed by atoms with Crippen LogP contribution in [0.2, 0.25) is 0 Å². The molecule has 1 atom stereocenters. The van der Waals surface area contributed by atoms with E-state index in [1.54, 1.807) is 6.92 Å². The minimum atomic E-state index is 0.101. The fraction of sp³-hybridized carbons (Fsp3) is 0.889. The largest absolute Gasteiger partial charge is 0.354 e. The van der Waals surface area contributed by atoms with E-state index < -0.39 is 0 Å². The lowest BCUT2D eigenvalue weighted by atomic mass is 10.00. The molecule has 2 heteroatoms. The summed E-state index contributed by atoms with van der Waals surface area (Å²) in [6, 6.07) is 0.384. The Labute approximate surface area is 68.4 Å². The first-order chi connectivity index (χ1) is 5.20. The Balaban J connectivity index is 2.28. The molecule has 0 radical (unpaired) electrons. The summed E-state index contributed by atoms with van der Waals surface area (Å²) in [6.07, 6.45) is 5.27. The van der Waals surface area contributed by atoms with Crippen LogP contribution in [0, 0.1) is 5.92 Å². The SMILES string of the molecule is CC(=O)N[C@H](C)C1CCCC1. The van der Waals surface area contributed by atoms with Crippen molar-refractivity contribution in [2.45, 2.75) is 45.6 Å². The van der Waals surface area contributed by atoms with E-state index in [2.05, 4.69) is 12.2 Å². The van der Waals surface area contributed by atoms with Gasteiger partial charge in [-0.2, -0.15) is 0 Å². The Morgan fingerprint density at radius 2 is 2.00 bits per heavy atom. The van der Waals surface area contributed by atoms with Crippen molar-refractivity contribution in [2.24, 2.45) is 5.92 Å². The standard InChI is InChI=1S/C9H17NO/c1-7(10-8(2)11)9-5-3-4-6-9/h7,9H,3-6H2,1-2H3,(H,10,11)/t7-/m1/s1. The van der Waals surface area contributed by atoms with E-state index in [1.807, 2.05) is 0 Å². The fourth-order valence-corrected chi connectivity index (χ4v) is 1.90. The summed E-state index contributed by atoms with van der Waals surface area (Å²) in [5, 5.41) is 2.95. The van der Waals surface area contributed by atoms with Crippen LogP contribution in [-0.2, 0) is 4.79 Å². The Hall–Kier alpha value is -0.530. The first-order valence-corrected chi connectivity index (χ1v) is 4.47. The molecule has 1 saturated carbocycles. The van der Waals surface area contributed by atoms with Gasteiger partial charge < -0.3 is 5.32 Å². The van der Waals surface area contributed by atoms with Gasteiger partial charge in [0.2, 0.25) is 5.91 Å². The Morgan fingerprint density at radius 3 is 2.45 bits per heavy atom. The molecule has 0 heterocycles. The molecule has 0 unspecified atom stereocenters. The number of rotatable bonds is 2. The van der Waals surface area contributed by atoms with Gasteiger partial charge in [-0.05, 0) is 25.7 Å². The predicted octanol–water partition coefficient (Wildman–Crippen LogP) is 1.70. The molecule has 0 aromatic carbocycles. The molecule has 0 aromatic heterocycles. The smallest absolute Gasteiger partial charge is 0.217 e. The molecule has 0 bridgehead atoms. The van der Waals surface area contributed by atoms with Crippen molar-refractivity contribution in [1.82, 2.24) is 5.32 Å². The molecule has 1 N–H and O–H groups in total. The third-order valence-electron chi connectivity index (χ3n) is 2.54. The summed E-state index contributed by atoms with van der Waals surface area (Å²) >= 11 is 0. The van der Waals surface area contributed by atoms with Crippen molar-refractivity contribution >= 4 is 5.91 Å². The predicted molar refractivity (Wildman–Crippen MR) is 45.2 cm³/mol. The summed E-state index contributed by atoms with van der Waals surface area (Å²) < 4.78 is 0. The third-order valence-corrected chi connectivity index (χ3v) is 2.54. The average molecular weight is 155 g/mol. The number of amides is 1. The van der Waals surface area contributed by atoms with Gasteiger partial charge in [-0.3, -0.25) is 4.79 Å². The highest BCUT2D eigenvalue weighted by Crippen LogP contribution is 2.27. The van der Waals surface area contributed by atoms with E-state index in [0.29, 0.717) is 6.04 Å². The maximum absolute atomic E-state index is 10.7. The molecule has 1 rings (SSSR count). The van der Waals surface area contributed by atoms with Gasteiger partial charge in [0, 0.05) is 13.0 Å². The summed E-state index contributed by atoms with van der Waals surface area (Å²) in [6.45, 7) is 3.70. The molecule has 11 heavy (non-hydrogen) atoms. The molecule has 0 aromatic rings. The lowest BCUT2D eigenvalue weighted by Crippen LogP contribution is -2.35. The van der Waals surface area contributed by atoms with Crippen LogP contribution in [0.25, 0.3) is 0 Å². The lowest BCUT2D eigenvalue weighted by molar-refractivity contribution is -0.119. The highest BCUT2D eigenvalue weighted by molar-refractivity contribution is 5.73. The van der Waals surface area contributed by atoms with Crippen LogP contribution in [0.3, 0.4) is 0 Å². The van der Waals surface area contributed by atoms with Crippen LogP contribution < -0.4 is 5.32 Å². The van der Waals surface area contributed by atoms with Crippen LogP contribution in [0.1, 0.15) is 39.5 Å². The van der Waals surface area contributed by atoms with Crippen molar-refractivity contribution in [1.29, 1.82) is 0 Å². The zero-order valence-electron chi connectivity index (χ0n) is 7.39. The van der Waals surface area contributed by atoms with Crippen molar-refractivity contribution in [2.75, 3.05) is 0 Å². The molecular formula is C9H17NO. The zero-order valence-corrected chi connectivity index (χ0v) is 7.39. The normalized spacial score (nSPS) is 21.6. The summed E-state index contributed by atoms with van der Waals surface area (Å²) in [5.41, 5.74) is 0. The summed E-state index contributed by atoms with van der Waals surface area (Å²) in [5.74, 6) is 0.836. The zero-order chi connectivity index (χ0) is 8.27. The molecule has 0 spiro atoms. The number of hydrogen-bond donors (Lipinski definition) is 1. The van der Waals surface area contributed by atoms with Gasteiger partial charge in [-0.25, -0.2) is 0 Å². The molecule has 1 amide bonds. The highest BCUT2D eigenvalue weighted by atomic mass is 16.1. The topological polar surface area (TPSA) is 29.1 Å². The summed E-state index contributed by atoms with van der Waals surface area (Å²) in [7, 11) is 0. The highest BCUT2D eigenvalue weighted by Gasteiger charge is 2.21. The van der Waals surface area contributed by atoms with Gasteiger partial charge in [0.1, 0.15) is 0 Å². The van der Waals surface area contributed by atoms with Crippen molar-refractivity contribution < 1.29 is 4.79 Å². The number of nitrogens with one attached hydrogen (secondary N) is 1. The van der Waals surface area contributed by atoms with Gasteiger partial charge in [-0.1, -0.05) is 12.8 Å². The Morgan fingerprint density at radius 1 is 1.45 bits per heavy atom. The molecular weight excluding hydrogens is 138 g/mol. The van der Waals surface area contributed by atoms with Crippen molar-refractivity contribution in [3.8, 4) is 0 Å². The maximum Gasteiger partial charge on any atom is 0.217 e. The maximum atomic E-state index is 10.7. The van der Waals surface area contributed by atoms with E-state index in [0.717, 1.165) is 5.92 Å². The molecule has 1 fully saturated rings. The summed E-state index contributed by atoms with van der Waals surface area (Å²) in [4.78, 5) is 10.7. The second-order valence-corrected chi connectivity index (χ2v) is 3.53. The molecule has 2 nitrogen and oxygen atoms in total. The number of carbonyl (C=O) groups is 1. The van der Waals surface area contributed by atoms with Crippen LogP contribution in [0.5, 0.6) is 0 Å². The van der Waals surface area contributed by atoms with Crippen LogP contribution in [-0.4, -0.2) is 11.9 Å². The van der Waals surface area contributed by atoms with Crippen molar-refractivity contribution in [3.63, 3.8) is 0 Å². The molecule has 1 aliphatic carbocycles. The van der Waals surface area contributed by atoms with Crippen LogP contribution in [0.15, 0.2) is 0 Å². The lowest BCUT2D eigenvalue weighted by Gasteiger charge is -2.18. The number of hydrogen-bond acceptors (Lipinski definition) is 1. The first-order valence-electron chi connectivity index (χ1n) is 4.47. The fourth-order valence-electron chi connectivity index (χ4n) is 1.90. The average Bonchev–Trinajstić information content (AvgIpc) is 2.35. The van der Waals surface area contributed by atoms with E-state index in [-0.39, 0.29) is 5.91 Å². The third kappa shape index (κ3) is 2.52. The Bertz CT molecular complexity index is 138. The molecule has 64 valence electrons. The van der Waals surface area contributed by atoms with Crippen molar-refractivity contribution in [3.05, 3.63) is 0 Å². The molecule has 1 aliphatic rings. The monoisotopic (exact) mass is 155 g/mol. The minimum absolute atomic E-state index is 0.101. The van der Waals surface area contributed by atoms with E-state index in [9.17, 15) is 4.79 Å². The minimum Gasteiger partial charge on any atom is -0.354 e. The second-order valence-electron chi connectivity index (χ2n) is 3.53. The molecule has 0 aliphatic heterocycles. The van der Waals surface area contributed by atoms with E-state index in [1.165, 1.54) is 25.7 Å². The van der Waals surface area contributed by atoms with E-state index >= 15 is 0 Å². The van der Waals surface area contributed by atoms with Gasteiger partial charge in [-0.15, -0.1) is 0 Å². The van der Waals surface area contributed by atoms with Crippen LogP contribution >= 0.6 is 0 Å².